The zero-order chi connectivity index (χ0) is 21.8. The molecule has 1 atom stereocenters. The maximum absolute atomic E-state index is 12.4. The second kappa shape index (κ2) is 9.07. The first-order chi connectivity index (χ1) is 15.1. The number of piperazine rings is 1. The number of aromatic nitrogens is 1. The van der Waals surface area contributed by atoms with Crippen LogP contribution in [0.1, 0.15) is 23.6 Å². The molecule has 0 bridgehead atoms. The van der Waals surface area contributed by atoms with Gasteiger partial charge in [0.05, 0.1) is 31.0 Å². The minimum atomic E-state index is -0.161. The van der Waals surface area contributed by atoms with E-state index in [1.165, 1.54) is 0 Å². The van der Waals surface area contributed by atoms with Gasteiger partial charge in [-0.1, -0.05) is 36.3 Å². The molecule has 2 aliphatic heterocycles. The van der Waals surface area contributed by atoms with Crippen molar-refractivity contribution in [2.75, 3.05) is 37.7 Å². The normalized spacial score (nSPS) is 18.0. The maximum Gasteiger partial charge on any atom is 0.318 e. The zero-order valence-corrected chi connectivity index (χ0v) is 17.6. The Labute approximate surface area is 182 Å². The van der Waals surface area contributed by atoms with Gasteiger partial charge in [-0.15, -0.1) is 6.42 Å². The summed E-state index contributed by atoms with van der Waals surface area (Å²) >= 11 is 0. The minimum absolute atomic E-state index is 0.0422. The number of rotatable bonds is 3. The highest BCUT2D eigenvalue weighted by atomic mass is 16.5. The van der Waals surface area contributed by atoms with Crippen molar-refractivity contribution in [3.8, 4) is 29.7 Å². The summed E-state index contributed by atoms with van der Waals surface area (Å²) in [5.74, 6) is 3.12. The number of hydrogen-bond acceptors (Lipinski definition) is 5. The van der Waals surface area contributed by atoms with Crippen LogP contribution in [0.4, 0.5) is 10.6 Å². The van der Waals surface area contributed by atoms with Gasteiger partial charge >= 0.3 is 6.03 Å². The van der Waals surface area contributed by atoms with E-state index in [2.05, 4.69) is 22.2 Å². The number of nitriles is 1. The molecule has 7 nitrogen and oxygen atoms in total. The van der Waals surface area contributed by atoms with Crippen molar-refractivity contribution in [3.63, 3.8) is 0 Å². The summed E-state index contributed by atoms with van der Waals surface area (Å²) in [6.07, 6.45) is 5.94. The van der Waals surface area contributed by atoms with Crippen LogP contribution >= 0.6 is 0 Å². The van der Waals surface area contributed by atoms with Gasteiger partial charge in [0.25, 0.3) is 0 Å². The zero-order valence-electron chi connectivity index (χ0n) is 17.6. The largest absolute Gasteiger partial charge is 0.376 e. The van der Waals surface area contributed by atoms with Crippen LogP contribution in [0.5, 0.6) is 0 Å². The van der Waals surface area contributed by atoms with Gasteiger partial charge in [-0.3, -0.25) is 0 Å². The summed E-state index contributed by atoms with van der Waals surface area (Å²) in [6, 6.07) is 12.2. The number of nitrogens with one attached hydrogen (secondary N) is 1. The fraction of sp³-hybridized carbons (Fsp3) is 0.375. The number of hydrogen-bond donors (Lipinski definition) is 1. The predicted molar refractivity (Wildman–Crippen MR) is 118 cm³/mol. The van der Waals surface area contributed by atoms with E-state index in [4.69, 9.17) is 16.1 Å². The van der Waals surface area contributed by atoms with Crippen molar-refractivity contribution in [2.24, 2.45) is 0 Å². The monoisotopic (exact) mass is 415 g/mol. The summed E-state index contributed by atoms with van der Waals surface area (Å²) < 4.78 is 5.70. The summed E-state index contributed by atoms with van der Waals surface area (Å²) in [5, 5.41) is 12.8. The Balaban J connectivity index is 1.70. The third kappa shape index (κ3) is 4.05. The van der Waals surface area contributed by atoms with E-state index >= 15 is 0 Å². The molecule has 31 heavy (non-hydrogen) atoms. The third-order valence-corrected chi connectivity index (χ3v) is 5.82. The Bertz CT molecular complexity index is 1050. The van der Waals surface area contributed by atoms with Crippen LogP contribution in [0.2, 0.25) is 0 Å². The average Bonchev–Trinajstić information content (AvgIpc) is 2.81. The summed E-state index contributed by atoms with van der Waals surface area (Å²) in [5.41, 5.74) is 4.52. The predicted octanol–water partition coefficient (Wildman–Crippen LogP) is 2.55. The van der Waals surface area contributed by atoms with E-state index < -0.39 is 0 Å². The van der Waals surface area contributed by atoms with E-state index in [9.17, 15) is 10.1 Å². The van der Waals surface area contributed by atoms with Gasteiger partial charge in [-0.2, -0.15) is 5.26 Å². The van der Waals surface area contributed by atoms with Crippen molar-refractivity contribution in [2.45, 2.75) is 26.0 Å². The molecule has 1 fully saturated rings. The number of amides is 2. The molecule has 1 aromatic heterocycles. The minimum Gasteiger partial charge on any atom is -0.376 e. The van der Waals surface area contributed by atoms with Crippen LogP contribution < -0.4 is 10.2 Å². The molecule has 1 aromatic carbocycles. The third-order valence-electron chi connectivity index (χ3n) is 5.82. The molecule has 1 saturated heterocycles. The van der Waals surface area contributed by atoms with E-state index in [0.29, 0.717) is 50.7 Å². The van der Waals surface area contributed by atoms with Crippen LogP contribution in [-0.4, -0.2) is 54.7 Å². The molecule has 1 N–H and O–H groups in total. The lowest BCUT2D eigenvalue weighted by atomic mass is 9.93. The van der Waals surface area contributed by atoms with Crippen molar-refractivity contribution >= 4 is 11.8 Å². The molecule has 2 aliphatic rings. The standard InChI is InChI=1S/C24H25N5O2/c1-3-10-26-24(30)29-12-11-28(15-17(29)2)23-20(14-25)19-9-13-31-16-21(19)22(27-23)18-7-5-4-6-8-18/h1,4-8,17H,9-13,15-16H2,2H3,(H,26,30)/t17-/m1/s1. The Hall–Kier alpha value is -3.55. The van der Waals surface area contributed by atoms with E-state index in [0.717, 1.165) is 22.4 Å². The van der Waals surface area contributed by atoms with E-state index in [1.807, 2.05) is 37.3 Å². The van der Waals surface area contributed by atoms with Gasteiger partial charge in [-0.05, 0) is 18.9 Å². The van der Waals surface area contributed by atoms with E-state index in [-0.39, 0.29) is 18.6 Å². The fourth-order valence-corrected chi connectivity index (χ4v) is 4.30. The molecule has 0 spiro atoms. The average molecular weight is 415 g/mol. The van der Waals surface area contributed by atoms with Crippen LogP contribution in [0, 0.1) is 23.7 Å². The molecule has 0 unspecified atom stereocenters. The second-order valence-electron chi connectivity index (χ2n) is 7.75. The lowest BCUT2D eigenvalue weighted by Gasteiger charge is -2.41. The number of benzene rings is 1. The Kier molecular flexibility index (Phi) is 6.06. The number of fused-ring (bicyclic) bond motifs is 1. The molecule has 4 rings (SSSR count). The number of terminal acetylenes is 1. The van der Waals surface area contributed by atoms with Gasteiger partial charge < -0.3 is 19.9 Å². The number of carbonyl (C=O) groups excluding carboxylic acids is 1. The molecule has 158 valence electrons. The second-order valence-corrected chi connectivity index (χ2v) is 7.75. The number of anilines is 1. The first-order valence-electron chi connectivity index (χ1n) is 10.5. The Morgan fingerprint density at radius 3 is 2.84 bits per heavy atom. The first-order valence-corrected chi connectivity index (χ1v) is 10.5. The molecule has 7 heteroatoms. The van der Waals surface area contributed by atoms with Crippen molar-refractivity contribution in [3.05, 3.63) is 47.0 Å². The van der Waals surface area contributed by atoms with Gasteiger partial charge in [0.2, 0.25) is 0 Å². The van der Waals surface area contributed by atoms with Crippen molar-refractivity contribution in [1.82, 2.24) is 15.2 Å². The highest BCUT2D eigenvalue weighted by molar-refractivity contribution is 5.76. The molecule has 3 heterocycles. The molecule has 0 aliphatic carbocycles. The van der Waals surface area contributed by atoms with Gasteiger partial charge in [-0.25, -0.2) is 9.78 Å². The fourth-order valence-electron chi connectivity index (χ4n) is 4.30. The number of nitrogens with zero attached hydrogens (tertiary/aromatic N) is 4. The number of pyridine rings is 1. The van der Waals surface area contributed by atoms with Crippen molar-refractivity contribution < 1.29 is 9.53 Å². The molecular weight excluding hydrogens is 390 g/mol. The topological polar surface area (TPSA) is 81.5 Å². The van der Waals surface area contributed by atoms with Crippen LogP contribution in [0.3, 0.4) is 0 Å². The van der Waals surface area contributed by atoms with Gasteiger partial charge in [0.15, 0.2) is 0 Å². The smallest absolute Gasteiger partial charge is 0.318 e. The quantitative estimate of drug-likeness (QED) is 0.779. The highest BCUT2D eigenvalue weighted by Gasteiger charge is 2.31. The summed E-state index contributed by atoms with van der Waals surface area (Å²) in [4.78, 5) is 21.3. The lowest BCUT2D eigenvalue weighted by molar-refractivity contribution is 0.111. The summed E-state index contributed by atoms with van der Waals surface area (Å²) in [7, 11) is 0. The Morgan fingerprint density at radius 1 is 1.32 bits per heavy atom. The van der Waals surface area contributed by atoms with Crippen LogP contribution in [0.25, 0.3) is 11.3 Å². The number of carbonyl (C=O) groups is 1. The maximum atomic E-state index is 12.4. The molecule has 2 aromatic rings. The van der Waals surface area contributed by atoms with Gasteiger partial charge in [0, 0.05) is 36.8 Å². The van der Waals surface area contributed by atoms with Gasteiger partial charge in [0.1, 0.15) is 11.9 Å². The number of ether oxygens (including phenoxy) is 1. The Morgan fingerprint density at radius 2 is 2.13 bits per heavy atom. The first kappa shape index (κ1) is 20.7. The highest BCUT2D eigenvalue weighted by Crippen LogP contribution is 2.35. The molecule has 0 radical (unpaired) electrons. The molecular formula is C24H25N5O2. The van der Waals surface area contributed by atoms with Crippen LogP contribution in [0.15, 0.2) is 30.3 Å². The van der Waals surface area contributed by atoms with Crippen LogP contribution in [-0.2, 0) is 17.8 Å². The molecule has 2 amide bonds. The number of urea groups is 1. The van der Waals surface area contributed by atoms with E-state index in [1.54, 1.807) is 4.90 Å². The summed E-state index contributed by atoms with van der Waals surface area (Å²) in [6.45, 7) is 4.98. The lowest BCUT2D eigenvalue weighted by Crippen LogP contribution is -2.57. The van der Waals surface area contributed by atoms with Crippen molar-refractivity contribution in [1.29, 1.82) is 5.26 Å². The molecule has 0 saturated carbocycles. The SMILES string of the molecule is C#CCNC(=O)N1CCN(c2nc(-c3ccccc3)c3c(c2C#N)CCOC3)C[C@H]1C.